The van der Waals surface area contributed by atoms with E-state index in [0.29, 0.717) is 0 Å². The topological polar surface area (TPSA) is 95.9 Å². The van der Waals surface area contributed by atoms with Crippen LogP contribution in [0.1, 0.15) is 60.9 Å². The first-order valence-electron chi connectivity index (χ1n) is 16.5. The second-order valence-electron chi connectivity index (χ2n) is 13.3. The lowest BCUT2D eigenvalue weighted by Gasteiger charge is -2.40. The quantitative estimate of drug-likeness (QED) is 0.149. The van der Waals surface area contributed by atoms with Crippen LogP contribution in [0.3, 0.4) is 0 Å². The number of hydrogen-bond acceptors (Lipinski definition) is 4. The molecular weight excluding hydrogens is 612 g/mol. The van der Waals surface area contributed by atoms with Crippen molar-refractivity contribution < 1.29 is 24.2 Å². The van der Waals surface area contributed by atoms with Crippen molar-refractivity contribution in [1.82, 2.24) is 10.2 Å². The number of carbonyl (C=O) groups excluding carboxylic acids is 2. The zero-order valence-corrected chi connectivity index (χ0v) is 27.9. The Morgan fingerprint density at radius 3 is 1.49 bits per heavy atom. The summed E-state index contributed by atoms with van der Waals surface area (Å²) in [5, 5.41) is 13.8. The zero-order valence-electron chi connectivity index (χ0n) is 27.9. The molecule has 0 heterocycles. The maximum atomic E-state index is 14.2. The van der Waals surface area contributed by atoms with Crippen LogP contribution in [0.5, 0.6) is 0 Å². The maximum Gasteiger partial charge on any atom is 0.410 e. The highest BCUT2D eigenvalue weighted by atomic mass is 16.6. The van der Waals surface area contributed by atoms with Crippen LogP contribution in [0, 0.1) is 0 Å². The van der Waals surface area contributed by atoms with Crippen molar-refractivity contribution in [2.24, 2.45) is 0 Å². The molecule has 0 aliphatic heterocycles. The monoisotopic (exact) mass is 652 g/mol. The molecule has 248 valence electrons. The van der Waals surface area contributed by atoms with E-state index in [1.54, 1.807) is 20.8 Å². The Morgan fingerprint density at radius 2 is 1.08 bits per heavy atom. The molecule has 5 aromatic carbocycles. The predicted octanol–water partition coefficient (Wildman–Crippen LogP) is 7.99. The SMILES string of the molecule is CC(C)(C)N(C(=O)OCC1c2ccccc2-c2ccccc21)[C@@H](CC(=O)NC(c1ccccc1)(c1ccccc1)c1ccccc1)C(=O)O. The highest BCUT2D eigenvalue weighted by Crippen LogP contribution is 2.45. The van der Waals surface area contributed by atoms with E-state index in [4.69, 9.17) is 4.74 Å². The Morgan fingerprint density at radius 1 is 0.673 bits per heavy atom. The van der Waals surface area contributed by atoms with Gasteiger partial charge >= 0.3 is 12.1 Å². The molecule has 0 bridgehead atoms. The van der Waals surface area contributed by atoms with Gasteiger partial charge in [-0.05, 0) is 59.7 Å². The summed E-state index contributed by atoms with van der Waals surface area (Å²) in [7, 11) is 0. The van der Waals surface area contributed by atoms with Gasteiger partial charge < -0.3 is 15.2 Å². The van der Waals surface area contributed by atoms with E-state index in [2.05, 4.69) is 17.4 Å². The van der Waals surface area contributed by atoms with Gasteiger partial charge in [-0.15, -0.1) is 0 Å². The van der Waals surface area contributed by atoms with E-state index in [1.807, 2.05) is 127 Å². The minimum absolute atomic E-state index is 0.0249. The molecule has 1 aliphatic rings. The van der Waals surface area contributed by atoms with Crippen LogP contribution in [0.2, 0.25) is 0 Å². The van der Waals surface area contributed by atoms with E-state index in [-0.39, 0.29) is 12.5 Å². The van der Waals surface area contributed by atoms with Crippen molar-refractivity contribution in [2.75, 3.05) is 6.61 Å². The molecule has 1 atom stereocenters. The lowest BCUT2D eigenvalue weighted by Crippen LogP contribution is -2.57. The predicted molar refractivity (Wildman–Crippen MR) is 190 cm³/mol. The molecule has 5 aromatic rings. The summed E-state index contributed by atoms with van der Waals surface area (Å²) in [4.78, 5) is 42.3. The molecule has 1 aliphatic carbocycles. The molecule has 49 heavy (non-hydrogen) atoms. The van der Waals surface area contributed by atoms with Crippen molar-refractivity contribution in [1.29, 1.82) is 0 Å². The molecule has 2 N–H and O–H groups in total. The average molecular weight is 653 g/mol. The van der Waals surface area contributed by atoms with Gasteiger partial charge in [-0.3, -0.25) is 9.69 Å². The summed E-state index contributed by atoms with van der Waals surface area (Å²) >= 11 is 0. The highest BCUT2D eigenvalue weighted by molar-refractivity contribution is 5.88. The number of nitrogens with zero attached hydrogens (tertiary/aromatic N) is 1. The fourth-order valence-electron chi connectivity index (χ4n) is 7.04. The van der Waals surface area contributed by atoms with E-state index in [1.165, 1.54) is 4.90 Å². The Kier molecular flexibility index (Phi) is 9.36. The number of hydrogen-bond donors (Lipinski definition) is 2. The fraction of sp³-hybridized carbons (Fsp3) is 0.214. The summed E-state index contributed by atoms with van der Waals surface area (Å²) < 4.78 is 5.94. The Bertz CT molecular complexity index is 1790. The van der Waals surface area contributed by atoms with E-state index in [9.17, 15) is 19.5 Å². The Balaban J connectivity index is 1.30. The van der Waals surface area contributed by atoms with Crippen LogP contribution in [0.15, 0.2) is 140 Å². The van der Waals surface area contributed by atoms with Gasteiger partial charge in [-0.1, -0.05) is 140 Å². The molecule has 0 saturated heterocycles. The first kappa shape index (κ1) is 33.2. The molecule has 6 rings (SSSR count). The molecule has 0 saturated carbocycles. The van der Waals surface area contributed by atoms with Crippen molar-refractivity contribution in [3.63, 3.8) is 0 Å². The summed E-state index contributed by atoms with van der Waals surface area (Å²) in [6, 6.07) is 43.3. The van der Waals surface area contributed by atoms with Crippen LogP contribution in [-0.4, -0.2) is 46.2 Å². The maximum absolute atomic E-state index is 14.2. The minimum atomic E-state index is -1.50. The average Bonchev–Trinajstić information content (AvgIpc) is 3.43. The van der Waals surface area contributed by atoms with E-state index in [0.717, 1.165) is 38.9 Å². The van der Waals surface area contributed by atoms with E-state index < -0.39 is 41.5 Å². The first-order valence-corrected chi connectivity index (χ1v) is 16.5. The first-order chi connectivity index (χ1) is 23.6. The van der Waals surface area contributed by atoms with Crippen molar-refractivity contribution in [3.8, 4) is 11.1 Å². The number of benzene rings is 5. The van der Waals surface area contributed by atoms with Gasteiger partial charge in [0, 0.05) is 11.5 Å². The number of carbonyl (C=O) groups is 3. The molecule has 7 nitrogen and oxygen atoms in total. The number of rotatable bonds is 10. The smallest absolute Gasteiger partial charge is 0.410 e. The van der Waals surface area contributed by atoms with Crippen LogP contribution < -0.4 is 5.32 Å². The Hall–Kier alpha value is -5.69. The molecular formula is C42H40N2O5. The van der Waals surface area contributed by atoms with Gasteiger partial charge in [0.2, 0.25) is 5.91 Å². The van der Waals surface area contributed by atoms with Gasteiger partial charge in [0.05, 0.1) is 6.42 Å². The lowest BCUT2D eigenvalue weighted by atomic mass is 9.77. The third-order valence-electron chi connectivity index (χ3n) is 9.18. The number of amides is 2. The van der Waals surface area contributed by atoms with Crippen molar-refractivity contribution >= 4 is 18.0 Å². The number of fused-ring (bicyclic) bond motifs is 3. The van der Waals surface area contributed by atoms with Crippen molar-refractivity contribution in [2.45, 2.75) is 50.2 Å². The number of nitrogens with one attached hydrogen (secondary N) is 1. The fourth-order valence-corrected chi connectivity index (χ4v) is 7.04. The molecule has 0 radical (unpaired) electrons. The third-order valence-corrected chi connectivity index (χ3v) is 9.18. The third kappa shape index (κ3) is 6.57. The van der Waals surface area contributed by atoms with E-state index >= 15 is 0 Å². The van der Waals surface area contributed by atoms with Crippen molar-refractivity contribution in [3.05, 3.63) is 167 Å². The summed E-state index contributed by atoms with van der Waals surface area (Å²) in [5.74, 6) is -2.04. The molecule has 0 fully saturated rings. The molecule has 7 heteroatoms. The molecule has 0 spiro atoms. The number of ether oxygens (including phenoxy) is 1. The number of carboxylic acid groups (broad SMARTS) is 1. The standard InChI is InChI=1S/C42H40N2O5/c1-41(2,3)44(40(48)49-28-36-34-25-15-13-23-32(34)33-24-14-16-26-35(33)36)37(39(46)47)27-38(45)43-42(29-17-7-4-8-18-29,30-19-9-5-10-20-30)31-21-11-6-12-22-31/h4-26,36-37H,27-28H2,1-3H3,(H,43,45)(H,46,47)/t37-/m0/s1. The lowest BCUT2D eigenvalue weighted by molar-refractivity contribution is -0.147. The van der Waals surface area contributed by atoms with Crippen LogP contribution >= 0.6 is 0 Å². The summed E-state index contributed by atoms with van der Waals surface area (Å²) in [6.45, 7) is 5.25. The van der Waals surface area contributed by atoms with Crippen LogP contribution in [0.25, 0.3) is 11.1 Å². The second-order valence-corrected chi connectivity index (χ2v) is 13.3. The van der Waals surface area contributed by atoms with Crippen LogP contribution in [-0.2, 0) is 19.9 Å². The summed E-state index contributed by atoms with van der Waals surface area (Å²) in [5.41, 5.74) is 4.56. The zero-order chi connectivity index (χ0) is 34.6. The van der Waals surface area contributed by atoms with Crippen LogP contribution in [0.4, 0.5) is 4.79 Å². The molecule has 0 aromatic heterocycles. The van der Waals surface area contributed by atoms with Gasteiger partial charge in [0.25, 0.3) is 0 Å². The second kappa shape index (κ2) is 13.8. The minimum Gasteiger partial charge on any atom is -0.480 e. The van der Waals surface area contributed by atoms with Gasteiger partial charge in [-0.25, -0.2) is 9.59 Å². The number of carboxylic acids is 1. The largest absolute Gasteiger partial charge is 0.480 e. The number of aliphatic carboxylic acids is 1. The Labute approximate surface area is 287 Å². The summed E-state index contributed by atoms with van der Waals surface area (Å²) in [6.07, 6.45) is -1.29. The van der Waals surface area contributed by atoms with Gasteiger partial charge in [-0.2, -0.15) is 0 Å². The van der Waals surface area contributed by atoms with Gasteiger partial charge in [0.15, 0.2) is 0 Å². The van der Waals surface area contributed by atoms with Gasteiger partial charge in [0.1, 0.15) is 18.2 Å². The molecule has 0 unspecified atom stereocenters. The normalized spacial score (nSPS) is 13.1. The molecule has 2 amide bonds. The highest BCUT2D eigenvalue weighted by Gasteiger charge is 2.43.